The van der Waals surface area contributed by atoms with Gasteiger partial charge in [-0.05, 0) is 45.8 Å². The van der Waals surface area contributed by atoms with Crippen molar-refractivity contribution < 1.29 is 0 Å². The third-order valence-corrected chi connectivity index (χ3v) is 7.63. The van der Waals surface area contributed by atoms with Crippen LogP contribution >= 0.6 is 11.3 Å². The third kappa shape index (κ3) is 2.88. The van der Waals surface area contributed by atoms with E-state index in [-0.39, 0.29) is 0 Å². The number of nitrogens with zero attached hydrogens (tertiary/aromatic N) is 1. The first kappa shape index (κ1) is 18.6. The highest BCUT2D eigenvalue weighted by molar-refractivity contribution is 7.26. The molecule has 0 radical (unpaired) electrons. The molecule has 2 heteroatoms. The highest BCUT2D eigenvalue weighted by atomic mass is 32.1. The molecule has 0 saturated carbocycles. The van der Waals surface area contributed by atoms with Gasteiger partial charge in [0, 0.05) is 37.1 Å². The van der Waals surface area contributed by atoms with Crippen LogP contribution in [0.2, 0.25) is 0 Å². The maximum Gasteiger partial charge on any atom is 0.0786 e. The van der Waals surface area contributed by atoms with E-state index >= 15 is 0 Å². The topological polar surface area (TPSA) is 12.9 Å². The van der Waals surface area contributed by atoms with Crippen molar-refractivity contribution in [1.82, 2.24) is 4.98 Å². The van der Waals surface area contributed by atoms with Crippen LogP contribution in [0.25, 0.3) is 64.1 Å². The molecule has 0 aliphatic rings. The van der Waals surface area contributed by atoms with Crippen molar-refractivity contribution in [3.63, 3.8) is 0 Å². The Balaban J connectivity index is 1.55. The van der Waals surface area contributed by atoms with Crippen molar-refractivity contribution in [3.05, 3.63) is 115 Å². The predicted octanol–water partition coefficient (Wildman–Crippen LogP) is 9.09. The number of pyridine rings is 1. The van der Waals surface area contributed by atoms with Gasteiger partial charge < -0.3 is 0 Å². The molecule has 0 atom stereocenters. The first-order chi connectivity index (χ1) is 16.4. The van der Waals surface area contributed by atoms with E-state index in [9.17, 15) is 0 Å². The molecule has 2 heterocycles. The summed E-state index contributed by atoms with van der Waals surface area (Å²) in [6.45, 7) is 0. The van der Waals surface area contributed by atoms with E-state index in [0.717, 1.165) is 5.52 Å². The van der Waals surface area contributed by atoms with E-state index in [4.69, 9.17) is 4.98 Å². The summed E-state index contributed by atoms with van der Waals surface area (Å²) in [5.41, 5.74) is 6.10. The number of rotatable bonds is 2. The SMILES string of the molecule is c1ccc(-c2ccc3c(c2)sc2cccc(-c4cccc5ccc6cccnc6c45)c23)cc1. The standard InChI is InChI=1S/C31H19NS/c1-2-7-20(8-3-1)23-16-17-26-28(19-23)33-27-13-5-12-25(30(26)27)24-11-4-9-21-14-15-22-10-6-18-32-31(22)29(21)24/h1-19H. The van der Waals surface area contributed by atoms with E-state index in [1.54, 1.807) is 0 Å². The fourth-order valence-corrected chi connectivity index (χ4v) is 6.17. The number of fused-ring (bicyclic) bond motifs is 6. The molecular weight excluding hydrogens is 418 g/mol. The van der Waals surface area contributed by atoms with Crippen molar-refractivity contribution >= 4 is 53.2 Å². The Kier molecular flexibility index (Phi) is 4.08. The largest absolute Gasteiger partial charge is 0.256 e. The minimum Gasteiger partial charge on any atom is -0.256 e. The number of benzene rings is 5. The molecule has 33 heavy (non-hydrogen) atoms. The summed E-state index contributed by atoms with van der Waals surface area (Å²) in [5, 5.41) is 6.27. The lowest BCUT2D eigenvalue weighted by molar-refractivity contribution is 1.43. The van der Waals surface area contributed by atoms with Gasteiger partial charge in [-0.25, -0.2) is 0 Å². The Morgan fingerprint density at radius 2 is 1.30 bits per heavy atom. The van der Waals surface area contributed by atoms with Gasteiger partial charge >= 0.3 is 0 Å². The summed E-state index contributed by atoms with van der Waals surface area (Å²) in [5.74, 6) is 0. The fraction of sp³-hybridized carbons (Fsp3) is 0. The second-order valence-electron chi connectivity index (χ2n) is 8.40. The molecule has 5 aromatic carbocycles. The van der Waals surface area contributed by atoms with Crippen molar-refractivity contribution in [2.45, 2.75) is 0 Å². The summed E-state index contributed by atoms with van der Waals surface area (Å²) < 4.78 is 2.64. The molecule has 0 amide bonds. The third-order valence-electron chi connectivity index (χ3n) is 6.51. The molecule has 0 bridgehead atoms. The molecule has 0 spiro atoms. The molecular formula is C31H19NS. The van der Waals surface area contributed by atoms with E-state index in [1.165, 1.54) is 58.6 Å². The van der Waals surface area contributed by atoms with Gasteiger partial charge in [0.2, 0.25) is 0 Å². The Morgan fingerprint density at radius 1 is 0.515 bits per heavy atom. The van der Waals surface area contributed by atoms with E-state index in [1.807, 2.05) is 23.6 Å². The lowest BCUT2D eigenvalue weighted by Crippen LogP contribution is -1.87. The van der Waals surface area contributed by atoms with Crippen LogP contribution in [0.1, 0.15) is 0 Å². The predicted molar refractivity (Wildman–Crippen MR) is 143 cm³/mol. The summed E-state index contributed by atoms with van der Waals surface area (Å²) in [6.07, 6.45) is 1.89. The van der Waals surface area contributed by atoms with Crippen LogP contribution in [0, 0.1) is 0 Å². The maximum absolute atomic E-state index is 4.77. The first-order valence-electron chi connectivity index (χ1n) is 11.1. The fourth-order valence-electron chi connectivity index (χ4n) is 5.00. The molecule has 0 saturated heterocycles. The molecule has 7 rings (SSSR count). The Bertz CT molecular complexity index is 1810. The molecule has 0 aliphatic carbocycles. The van der Waals surface area contributed by atoms with Crippen LogP contribution < -0.4 is 0 Å². The average molecular weight is 438 g/mol. The summed E-state index contributed by atoms with van der Waals surface area (Å²) in [6, 6.07) is 39.3. The zero-order chi connectivity index (χ0) is 21.8. The molecule has 0 unspecified atom stereocenters. The Labute approximate surface area is 195 Å². The second kappa shape index (κ2) is 7.26. The highest BCUT2D eigenvalue weighted by Crippen LogP contribution is 2.43. The van der Waals surface area contributed by atoms with E-state index < -0.39 is 0 Å². The highest BCUT2D eigenvalue weighted by Gasteiger charge is 2.15. The number of aromatic nitrogens is 1. The monoisotopic (exact) mass is 437 g/mol. The van der Waals surface area contributed by atoms with Gasteiger partial charge in [0.1, 0.15) is 0 Å². The Hall–Kier alpha value is -4.01. The van der Waals surface area contributed by atoms with Crippen molar-refractivity contribution in [2.75, 3.05) is 0 Å². The van der Waals surface area contributed by atoms with E-state index in [2.05, 4.69) is 103 Å². The molecule has 154 valence electrons. The van der Waals surface area contributed by atoms with Gasteiger partial charge in [0.25, 0.3) is 0 Å². The van der Waals surface area contributed by atoms with Gasteiger partial charge in [0.05, 0.1) is 5.52 Å². The minimum absolute atomic E-state index is 1.06. The summed E-state index contributed by atoms with van der Waals surface area (Å²) >= 11 is 1.87. The minimum atomic E-state index is 1.06. The quantitative estimate of drug-likeness (QED) is 0.246. The lowest BCUT2D eigenvalue weighted by Gasteiger charge is -2.11. The van der Waals surface area contributed by atoms with Crippen molar-refractivity contribution in [3.8, 4) is 22.3 Å². The molecule has 2 aromatic heterocycles. The van der Waals surface area contributed by atoms with Crippen molar-refractivity contribution in [1.29, 1.82) is 0 Å². The first-order valence-corrected chi connectivity index (χ1v) is 12.0. The maximum atomic E-state index is 4.77. The Morgan fingerprint density at radius 3 is 2.21 bits per heavy atom. The van der Waals surface area contributed by atoms with Crippen LogP contribution in [-0.4, -0.2) is 4.98 Å². The van der Waals surface area contributed by atoms with Gasteiger partial charge in [-0.1, -0.05) is 91.0 Å². The van der Waals surface area contributed by atoms with Gasteiger partial charge in [-0.15, -0.1) is 11.3 Å². The number of hydrogen-bond donors (Lipinski definition) is 0. The van der Waals surface area contributed by atoms with E-state index in [0.29, 0.717) is 0 Å². The normalized spacial score (nSPS) is 11.6. The average Bonchev–Trinajstić information content (AvgIpc) is 3.27. The molecule has 0 N–H and O–H groups in total. The molecule has 1 nitrogen and oxygen atoms in total. The van der Waals surface area contributed by atoms with Crippen molar-refractivity contribution in [2.24, 2.45) is 0 Å². The summed E-state index contributed by atoms with van der Waals surface area (Å²) in [4.78, 5) is 4.77. The number of hydrogen-bond acceptors (Lipinski definition) is 2. The zero-order valence-corrected chi connectivity index (χ0v) is 18.6. The van der Waals surface area contributed by atoms with Gasteiger partial charge in [-0.3, -0.25) is 4.98 Å². The van der Waals surface area contributed by atoms with Gasteiger partial charge in [0.15, 0.2) is 0 Å². The van der Waals surface area contributed by atoms with Crippen LogP contribution in [-0.2, 0) is 0 Å². The van der Waals surface area contributed by atoms with Crippen LogP contribution in [0.15, 0.2) is 115 Å². The second-order valence-corrected chi connectivity index (χ2v) is 9.49. The molecule has 0 fully saturated rings. The van der Waals surface area contributed by atoms with Crippen LogP contribution in [0.4, 0.5) is 0 Å². The molecule has 7 aromatic rings. The smallest absolute Gasteiger partial charge is 0.0786 e. The zero-order valence-electron chi connectivity index (χ0n) is 17.8. The lowest BCUT2D eigenvalue weighted by atomic mass is 9.93. The van der Waals surface area contributed by atoms with Crippen LogP contribution in [0.5, 0.6) is 0 Å². The van der Waals surface area contributed by atoms with Gasteiger partial charge in [-0.2, -0.15) is 0 Å². The summed E-state index contributed by atoms with van der Waals surface area (Å²) in [7, 11) is 0. The number of thiophene rings is 1. The van der Waals surface area contributed by atoms with Crippen LogP contribution in [0.3, 0.4) is 0 Å². The molecule has 0 aliphatic heterocycles.